The van der Waals surface area contributed by atoms with Gasteiger partial charge in [0.05, 0.1) is 25.0 Å². The third kappa shape index (κ3) is 3.54. The summed E-state index contributed by atoms with van der Waals surface area (Å²) in [5, 5.41) is 4.50. The van der Waals surface area contributed by atoms with Crippen molar-refractivity contribution in [1.82, 2.24) is 14.7 Å². The Morgan fingerprint density at radius 2 is 2.05 bits per heavy atom. The standard InChI is InChI=1S/C16H27N3O/c1-18-9-5-6-14(11-18)13-20-16-10-17-19(12-16)15-7-3-2-4-8-15/h10,12,14-15H,2-9,11,13H2,1H3. The zero-order chi connectivity index (χ0) is 13.8. The molecule has 1 aliphatic heterocycles. The molecule has 0 spiro atoms. The number of aromatic nitrogens is 2. The van der Waals surface area contributed by atoms with Crippen LogP contribution >= 0.6 is 0 Å². The molecule has 1 aliphatic carbocycles. The molecule has 3 rings (SSSR count). The van der Waals surface area contributed by atoms with E-state index >= 15 is 0 Å². The van der Waals surface area contributed by atoms with Crippen LogP contribution in [-0.2, 0) is 0 Å². The third-order valence-corrected chi connectivity index (χ3v) is 4.73. The monoisotopic (exact) mass is 277 g/mol. The van der Waals surface area contributed by atoms with E-state index in [-0.39, 0.29) is 0 Å². The van der Waals surface area contributed by atoms with Gasteiger partial charge in [0.25, 0.3) is 0 Å². The van der Waals surface area contributed by atoms with Gasteiger partial charge in [-0.3, -0.25) is 4.68 Å². The highest BCUT2D eigenvalue weighted by atomic mass is 16.5. The predicted octanol–water partition coefficient (Wildman–Crippen LogP) is 3.11. The molecule has 1 aromatic rings. The van der Waals surface area contributed by atoms with E-state index in [2.05, 4.69) is 27.9 Å². The normalized spacial score (nSPS) is 25.8. The first-order valence-electron chi connectivity index (χ1n) is 8.17. The molecule has 2 fully saturated rings. The maximum atomic E-state index is 5.96. The molecule has 1 unspecified atom stereocenters. The van der Waals surface area contributed by atoms with E-state index in [1.807, 2.05) is 6.20 Å². The Morgan fingerprint density at radius 3 is 2.85 bits per heavy atom. The summed E-state index contributed by atoms with van der Waals surface area (Å²) in [5.74, 6) is 1.62. The lowest BCUT2D eigenvalue weighted by Crippen LogP contribution is -2.34. The van der Waals surface area contributed by atoms with E-state index < -0.39 is 0 Å². The minimum atomic E-state index is 0.599. The van der Waals surface area contributed by atoms with Crippen LogP contribution in [0.15, 0.2) is 12.4 Å². The van der Waals surface area contributed by atoms with Gasteiger partial charge in [0, 0.05) is 12.5 Å². The van der Waals surface area contributed by atoms with Crippen molar-refractivity contribution in [2.24, 2.45) is 5.92 Å². The molecule has 2 aliphatic rings. The summed E-state index contributed by atoms with van der Waals surface area (Å²) in [7, 11) is 2.20. The van der Waals surface area contributed by atoms with Crippen molar-refractivity contribution in [1.29, 1.82) is 0 Å². The highest BCUT2D eigenvalue weighted by Crippen LogP contribution is 2.28. The molecule has 0 bridgehead atoms. The van der Waals surface area contributed by atoms with Gasteiger partial charge in [-0.25, -0.2) is 0 Å². The lowest BCUT2D eigenvalue weighted by atomic mass is 9.96. The van der Waals surface area contributed by atoms with E-state index in [0.29, 0.717) is 12.0 Å². The van der Waals surface area contributed by atoms with Crippen molar-refractivity contribution in [3.8, 4) is 5.75 Å². The molecular formula is C16H27N3O. The number of piperidine rings is 1. The Bertz CT molecular complexity index is 412. The Kier molecular flexibility index (Phi) is 4.61. The molecule has 112 valence electrons. The van der Waals surface area contributed by atoms with Crippen LogP contribution in [0.5, 0.6) is 5.75 Å². The van der Waals surface area contributed by atoms with E-state index in [9.17, 15) is 0 Å². The second-order valence-electron chi connectivity index (χ2n) is 6.53. The number of rotatable bonds is 4. The van der Waals surface area contributed by atoms with Gasteiger partial charge in [-0.15, -0.1) is 0 Å². The molecule has 4 nitrogen and oxygen atoms in total. The Labute approximate surface area is 122 Å². The molecular weight excluding hydrogens is 250 g/mol. The molecule has 0 radical (unpaired) electrons. The van der Waals surface area contributed by atoms with Gasteiger partial charge in [0.15, 0.2) is 5.75 Å². The highest BCUT2D eigenvalue weighted by Gasteiger charge is 2.19. The molecule has 0 N–H and O–H groups in total. The van der Waals surface area contributed by atoms with Crippen molar-refractivity contribution < 1.29 is 4.74 Å². The van der Waals surface area contributed by atoms with Gasteiger partial charge in [0.1, 0.15) is 0 Å². The maximum Gasteiger partial charge on any atom is 0.157 e. The van der Waals surface area contributed by atoms with Crippen molar-refractivity contribution in [2.75, 3.05) is 26.7 Å². The van der Waals surface area contributed by atoms with E-state index in [0.717, 1.165) is 18.9 Å². The summed E-state index contributed by atoms with van der Waals surface area (Å²) in [5.41, 5.74) is 0. The van der Waals surface area contributed by atoms with Crippen LogP contribution in [0.4, 0.5) is 0 Å². The summed E-state index contributed by atoms with van der Waals surface area (Å²) >= 11 is 0. The average molecular weight is 277 g/mol. The quantitative estimate of drug-likeness (QED) is 0.847. The van der Waals surface area contributed by atoms with Crippen molar-refractivity contribution in [3.05, 3.63) is 12.4 Å². The molecule has 1 atom stereocenters. The van der Waals surface area contributed by atoms with Gasteiger partial charge >= 0.3 is 0 Å². The van der Waals surface area contributed by atoms with Crippen LogP contribution < -0.4 is 4.74 Å². The summed E-state index contributed by atoms with van der Waals surface area (Å²) in [6, 6.07) is 0.599. The highest BCUT2D eigenvalue weighted by molar-refractivity contribution is 5.12. The molecule has 0 aromatic carbocycles. The van der Waals surface area contributed by atoms with Gasteiger partial charge in [-0.05, 0) is 39.3 Å². The fraction of sp³-hybridized carbons (Fsp3) is 0.812. The second-order valence-corrected chi connectivity index (χ2v) is 6.53. The van der Waals surface area contributed by atoms with Crippen LogP contribution in [0, 0.1) is 5.92 Å². The number of hydrogen-bond donors (Lipinski definition) is 0. The van der Waals surface area contributed by atoms with Crippen LogP contribution in [-0.4, -0.2) is 41.4 Å². The summed E-state index contributed by atoms with van der Waals surface area (Å²) in [4.78, 5) is 2.41. The topological polar surface area (TPSA) is 30.3 Å². The Hall–Kier alpha value is -1.03. The Balaban J connectivity index is 1.49. The van der Waals surface area contributed by atoms with Crippen LogP contribution in [0.3, 0.4) is 0 Å². The molecule has 0 amide bonds. The first-order valence-corrected chi connectivity index (χ1v) is 8.17. The average Bonchev–Trinajstić information content (AvgIpc) is 2.95. The van der Waals surface area contributed by atoms with Crippen molar-refractivity contribution in [2.45, 2.75) is 51.0 Å². The number of likely N-dealkylation sites (tertiary alicyclic amines) is 1. The zero-order valence-corrected chi connectivity index (χ0v) is 12.6. The second kappa shape index (κ2) is 6.61. The third-order valence-electron chi connectivity index (χ3n) is 4.73. The minimum Gasteiger partial charge on any atom is -0.490 e. The molecule has 4 heteroatoms. The van der Waals surface area contributed by atoms with Gasteiger partial charge in [-0.1, -0.05) is 19.3 Å². The Morgan fingerprint density at radius 1 is 1.20 bits per heavy atom. The fourth-order valence-electron chi connectivity index (χ4n) is 3.56. The largest absolute Gasteiger partial charge is 0.490 e. The molecule has 20 heavy (non-hydrogen) atoms. The number of hydrogen-bond acceptors (Lipinski definition) is 3. The minimum absolute atomic E-state index is 0.599. The lowest BCUT2D eigenvalue weighted by Gasteiger charge is -2.29. The van der Waals surface area contributed by atoms with Gasteiger partial charge in [-0.2, -0.15) is 5.10 Å². The lowest BCUT2D eigenvalue weighted by molar-refractivity contribution is 0.150. The van der Waals surface area contributed by atoms with E-state index in [4.69, 9.17) is 4.74 Å². The van der Waals surface area contributed by atoms with Crippen LogP contribution in [0.25, 0.3) is 0 Å². The number of ether oxygens (including phenoxy) is 1. The fourth-order valence-corrected chi connectivity index (χ4v) is 3.56. The van der Waals surface area contributed by atoms with Crippen LogP contribution in [0.1, 0.15) is 51.0 Å². The first kappa shape index (κ1) is 13.9. The predicted molar refractivity (Wildman–Crippen MR) is 80.1 cm³/mol. The SMILES string of the molecule is CN1CCCC(COc2cnn(C3CCCCC3)c2)C1. The van der Waals surface area contributed by atoms with Crippen molar-refractivity contribution in [3.63, 3.8) is 0 Å². The summed E-state index contributed by atoms with van der Waals surface area (Å²) in [6.07, 6.45) is 13.2. The molecule has 2 heterocycles. The first-order chi connectivity index (χ1) is 9.81. The van der Waals surface area contributed by atoms with Gasteiger partial charge in [0.2, 0.25) is 0 Å². The number of nitrogens with zero attached hydrogens (tertiary/aromatic N) is 3. The van der Waals surface area contributed by atoms with E-state index in [1.165, 1.54) is 51.5 Å². The van der Waals surface area contributed by atoms with E-state index in [1.54, 1.807) is 0 Å². The molecule has 1 saturated heterocycles. The summed E-state index contributed by atoms with van der Waals surface area (Å²) < 4.78 is 8.08. The molecule has 1 saturated carbocycles. The van der Waals surface area contributed by atoms with Crippen molar-refractivity contribution >= 4 is 0 Å². The molecule has 1 aromatic heterocycles. The van der Waals surface area contributed by atoms with Gasteiger partial charge < -0.3 is 9.64 Å². The summed E-state index contributed by atoms with van der Waals surface area (Å²) in [6.45, 7) is 3.23. The zero-order valence-electron chi connectivity index (χ0n) is 12.6. The smallest absolute Gasteiger partial charge is 0.157 e. The maximum absolute atomic E-state index is 5.96. The van der Waals surface area contributed by atoms with Crippen LogP contribution in [0.2, 0.25) is 0 Å².